The van der Waals surface area contributed by atoms with Gasteiger partial charge in [0.05, 0.1) is 13.2 Å². The summed E-state index contributed by atoms with van der Waals surface area (Å²) in [6.45, 7) is 0.166. The van der Waals surface area contributed by atoms with E-state index in [0.717, 1.165) is 0 Å². The van der Waals surface area contributed by atoms with Crippen molar-refractivity contribution in [2.75, 3.05) is 13.3 Å². The van der Waals surface area contributed by atoms with Crippen molar-refractivity contribution in [3.8, 4) is 0 Å². The van der Waals surface area contributed by atoms with E-state index < -0.39 is 5.97 Å². The first-order valence-electron chi connectivity index (χ1n) is 2.30. The summed E-state index contributed by atoms with van der Waals surface area (Å²) in [5.74, 6) is -0.856. The second-order valence-corrected chi connectivity index (χ2v) is 1.30. The van der Waals surface area contributed by atoms with Gasteiger partial charge in [0.15, 0.2) is 0 Å². The van der Waals surface area contributed by atoms with Crippen molar-refractivity contribution >= 4 is 5.97 Å². The van der Waals surface area contributed by atoms with Crippen molar-refractivity contribution < 1.29 is 15.0 Å². The molecule has 0 saturated heterocycles. The molecule has 48 valence electrons. The van der Waals surface area contributed by atoms with Gasteiger partial charge in [0.25, 0.3) is 0 Å². The monoisotopic (exact) mass is 119 g/mol. The molecule has 0 fully saturated rings. The molecular formula is C4H9NO3. The van der Waals surface area contributed by atoms with E-state index in [2.05, 4.69) is 5.32 Å². The van der Waals surface area contributed by atoms with Crippen LogP contribution in [-0.4, -0.2) is 29.5 Å². The van der Waals surface area contributed by atoms with Crippen LogP contribution in [0, 0.1) is 0 Å². The number of rotatable bonds is 4. The number of carboxylic acid groups (broad SMARTS) is 1. The number of hydrogen-bond acceptors (Lipinski definition) is 3. The Morgan fingerprint density at radius 2 is 2.25 bits per heavy atom. The second-order valence-electron chi connectivity index (χ2n) is 1.30. The minimum atomic E-state index is -0.856. The summed E-state index contributed by atoms with van der Waals surface area (Å²) >= 11 is 0. The minimum absolute atomic E-state index is 0.0561. The fourth-order valence-electron chi connectivity index (χ4n) is 0.274. The van der Waals surface area contributed by atoms with Gasteiger partial charge < -0.3 is 10.2 Å². The summed E-state index contributed by atoms with van der Waals surface area (Å²) in [5.41, 5.74) is 0. The van der Waals surface area contributed by atoms with Crippen LogP contribution in [0.15, 0.2) is 0 Å². The van der Waals surface area contributed by atoms with Crippen LogP contribution < -0.4 is 5.32 Å². The summed E-state index contributed by atoms with van der Waals surface area (Å²) < 4.78 is 0. The molecule has 0 aliphatic heterocycles. The van der Waals surface area contributed by atoms with Crippen molar-refractivity contribution in [3.63, 3.8) is 0 Å². The molecule has 0 aromatic heterocycles. The van der Waals surface area contributed by atoms with Crippen LogP contribution in [0.3, 0.4) is 0 Å². The van der Waals surface area contributed by atoms with Crippen molar-refractivity contribution in [2.45, 2.75) is 6.42 Å². The first-order chi connectivity index (χ1) is 3.77. The Morgan fingerprint density at radius 1 is 1.62 bits per heavy atom. The van der Waals surface area contributed by atoms with Crippen LogP contribution in [0.4, 0.5) is 0 Å². The normalized spacial score (nSPS) is 9.12. The molecule has 8 heavy (non-hydrogen) atoms. The zero-order chi connectivity index (χ0) is 6.41. The van der Waals surface area contributed by atoms with E-state index in [9.17, 15) is 4.79 Å². The maximum absolute atomic E-state index is 9.75. The van der Waals surface area contributed by atoms with Crippen molar-refractivity contribution in [1.82, 2.24) is 5.32 Å². The summed E-state index contributed by atoms with van der Waals surface area (Å²) in [4.78, 5) is 9.75. The SMILES string of the molecule is O=C(O)CCNCO. The van der Waals surface area contributed by atoms with E-state index in [0.29, 0.717) is 6.54 Å². The molecule has 0 aromatic carbocycles. The molecule has 0 bridgehead atoms. The number of carbonyl (C=O) groups is 1. The number of hydrogen-bond donors (Lipinski definition) is 3. The Labute approximate surface area is 47.1 Å². The van der Waals surface area contributed by atoms with Crippen LogP contribution in [0.25, 0.3) is 0 Å². The number of aliphatic carboxylic acids is 1. The molecule has 4 nitrogen and oxygen atoms in total. The highest BCUT2D eigenvalue weighted by Gasteiger charge is 1.92. The average molecular weight is 119 g/mol. The van der Waals surface area contributed by atoms with Crippen LogP contribution in [0.2, 0.25) is 0 Å². The molecule has 0 saturated carbocycles. The first kappa shape index (κ1) is 7.39. The average Bonchev–Trinajstić information content (AvgIpc) is 1.66. The van der Waals surface area contributed by atoms with Gasteiger partial charge in [0, 0.05) is 6.54 Å². The molecule has 0 aromatic rings. The van der Waals surface area contributed by atoms with E-state index in [4.69, 9.17) is 10.2 Å². The van der Waals surface area contributed by atoms with Gasteiger partial charge >= 0.3 is 5.97 Å². The van der Waals surface area contributed by atoms with Gasteiger partial charge in [-0.1, -0.05) is 0 Å². The number of aliphatic hydroxyl groups excluding tert-OH is 1. The Kier molecular flexibility index (Phi) is 4.20. The smallest absolute Gasteiger partial charge is 0.304 e. The lowest BCUT2D eigenvalue weighted by Crippen LogP contribution is -2.18. The largest absolute Gasteiger partial charge is 0.481 e. The lowest BCUT2D eigenvalue weighted by atomic mass is 10.4. The van der Waals surface area contributed by atoms with E-state index in [1.165, 1.54) is 0 Å². The molecule has 4 heteroatoms. The molecule has 0 rings (SSSR count). The van der Waals surface area contributed by atoms with E-state index >= 15 is 0 Å². The fourth-order valence-corrected chi connectivity index (χ4v) is 0.274. The predicted molar refractivity (Wildman–Crippen MR) is 27.3 cm³/mol. The summed E-state index contributed by atoms with van der Waals surface area (Å²) in [5, 5.41) is 18.5. The molecule has 0 heterocycles. The Morgan fingerprint density at radius 3 is 2.62 bits per heavy atom. The maximum atomic E-state index is 9.75. The maximum Gasteiger partial charge on any atom is 0.304 e. The zero-order valence-electron chi connectivity index (χ0n) is 4.42. The third-order valence-electron chi connectivity index (χ3n) is 0.627. The van der Waals surface area contributed by atoms with Crippen LogP contribution in [-0.2, 0) is 4.79 Å². The molecule has 3 N–H and O–H groups in total. The highest BCUT2D eigenvalue weighted by Crippen LogP contribution is 1.72. The predicted octanol–water partition coefficient (Wildman–Crippen LogP) is -0.999. The standard InChI is InChI=1S/C4H9NO3/c6-3-5-2-1-4(7)8/h5-6H,1-3H2,(H,7,8). The summed E-state index contributed by atoms with van der Waals surface area (Å²) in [7, 11) is 0. The van der Waals surface area contributed by atoms with Crippen molar-refractivity contribution in [1.29, 1.82) is 0 Å². The molecule has 0 aliphatic rings. The van der Waals surface area contributed by atoms with E-state index in [1.807, 2.05) is 0 Å². The number of nitrogens with one attached hydrogen (secondary N) is 1. The fraction of sp³-hybridized carbons (Fsp3) is 0.750. The van der Waals surface area contributed by atoms with Gasteiger partial charge in [-0.25, -0.2) is 0 Å². The molecule has 0 unspecified atom stereocenters. The number of aliphatic hydroxyl groups is 1. The van der Waals surface area contributed by atoms with E-state index in [-0.39, 0.29) is 13.2 Å². The second kappa shape index (κ2) is 4.55. The Hall–Kier alpha value is -0.610. The molecule has 0 spiro atoms. The lowest BCUT2D eigenvalue weighted by Gasteiger charge is -1.93. The Bertz CT molecular complexity index is 73.7. The van der Waals surface area contributed by atoms with Crippen LogP contribution >= 0.6 is 0 Å². The van der Waals surface area contributed by atoms with Gasteiger partial charge in [-0.2, -0.15) is 0 Å². The third kappa shape index (κ3) is 5.39. The molecule has 0 atom stereocenters. The molecule has 0 radical (unpaired) electrons. The van der Waals surface area contributed by atoms with Gasteiger partial charge in [0.2, 0.25) is 0 Å². The molecular weight excluding hydrogens is 110 g/mol. The van der Waals surface area contributed by atoms with Crippen LogP contribution in [0.1, 0.15) is 6.42 Å². The highest BCUT2D eigenvalue weighted by atomic mass is 16.4. The summed E-state index contributed by atoms with van der Waals surface area (Å²) in [6, 6.07) is 0. The van der Waals surface area contributed by atoms with Gasteiger partial charge in [-0.15, -0.1) is 0 Å². The zero-order valence-corrected chi connectivity index (χ0v) is 4.42. The van der Waals surface area contributed by atoms with Gasteiger partial charge in [-0.3, -0.25) is 10.1 Å². The minimum Gasteiger partial charge on any atom is -0.481 e. The van der Waals surface area contributed by atoms with Crippen molar-refractivity contribution in [2.24, 2.45) is 0 Å². The number of carboxylic acids is 1. The third-order valence-corrected chi connectivity index (χ3v) is 0.627. The van der Waals surface area contributed by atoms with Crippen LogP contribution in [0.5, 0.6) is 0 Å². The lowest BCUT2D eigenvalue weighted by molar-refractivity contribution is -0.136. The topological polar surface area (TPSA) is 69.6 Å². The van der Waals surface area contributed by atoms with E-state index in [1.54, 1.807) is 0 Å². The summed E-state index contributed by atoms with van der Waals surface area (Å²) in [6.07, 6.45) is 0.0561. The van der Waals surface area contributed by atoms with Gasteiger partial charge in [-0.05, 0) is 0 Å². The highest BCUT2D eigenvalue weighted by molar-refractivity contribution is 5.66. The van der Waals surface area contributed by atoms with Gasteiger partial charge in [0.1, 0.15) is 0 Å². The van der Waals surface area contributed by atoms with Crippen molar-refractivity contribution in [3.05, 3.63) is 0 Å². The first-order valence-corrected chi connectivity index (χ1v) is 2.30. The molecule has 0 aliphatic carbocycles. The quantitative estimate of drug-likeness (QED) is 0.328. The molecule has 0 amide bonds. The Balaban J connectivity index is 2.82.